The first-order chi connectivity index (χ1) is 9.69. The normalized spacial score (nSPS) is 13.3. The molecule has 122 valence electrons. The summed E-state index contributed by atoms with van der Waals surface area (Å²) in [6.07, 6.45) is 5.11. The summed E-state index contributed by atoms with van der Waals surface area (Å²) in [4.78, 5) is 2.21. The van der Waals surface area contributed by atoms with Crippen LogP contribution in [0.2, 0.25) is 6.04 Å². The lowest BCUT2D eigenvalue weighted by atomic mass is 10.2. The molecule has 1 atom stereocenters. The molecule has 5 heteroatoms. The van der Waals surface area contributed by atoms with Crippen molar-refractivity contribution < 1.29 is 14.0 Å². The molecule has 0 amide bonds. The lowest BCUT2D eigenvalue weighted by Crippen LogP contribution is -2.36. The lowest BCUT2D eigenvalue weighted by Gasteiger charge is -2.27. The van der Waals surface area contributed by atoms with Gasteiger partial charge in [0.1, 0.15) is 6.23 Å². The molecule has 0 saturated carbocycles. The monoisotopic (exact) mass is 305 g/mol. The highest BCUT2D eigenvalue weighted by Crippen LogP contribution is 2.09. The van der Waals surface area contributed by atoms with E-state index in [-0.39, 0.29) is 6.23 Å². The fourth-order valence-corrected chi connectivity index (χ4v) is 4.04. The molecule has 0 aromatic carbocycles. The summed E-state index contributed by atoms with van der Waals surface area (Å²) in [6, 6.07) is 1.07. The Balaban J connectivity index is 3.90. The van der Waals surface area contributed by atoms with E-state index in [4.69, 9.17) is 8.85 Å². The zero-order valence-corrected chi connectivity index (χ0v) is 15.1. The van der Waals surface area contributed by atoms with Crippen LogP contribution in [-0.2, 0) is 8.85 Å². The van der Waals surface area contributed by atoms with Crippen LogP contribution in [0.3, 0.4) is 0 Å². The van der Waals surface area contributed by atoms with Gasteiger partial charge in [0.25, 0.3) is 0 Å². The van der Waals surface area contributed by atoms with Crippen molar-refractivity contribution in [2.75, 3.05) is 26.3 Å². The van der Waals surface area contributed by atoms with Gasteiger partial charge in [-0.1, -0.05) is 26.7 Å². The Labute approximate surface area is 127 Å². The zero-order chi connectivity index (χ0) is 15.2. The van der Waals surface area contributed by atoms with Gasteiger partial charge in [0.15, 0.2) is 0 Å². The second-order valence-electron chi connectivity index (χ2n) is 5.11. The maximum absolute atomic E-state index is 10.0. The average Bonchev–Trinajstić information content (AvgIpc) is 2.46. The molecule has 0 aromatic rings. The van der Waals surface area contributed by atoms with Gasteiger partial charge < -0.3 is 14.0 Å². The minimum Gasteiger partial charge on any atom is -0.397 e. The fourth-order valence-electron chi connectivity index (χ4n) is 2.24. The third-order valence-electron chi connectivity index (χ3n) is 3.43. The van der Waals surface area contributed by atoms with Gasteiger partial charge >= 0.3 is 9.28 Å². The molecule has 0 aliphatic rings. The molecule has 0 heterocycles. The van der Waals surface area contributed by atoms with Gasteiger partial charge in [0.05, 0.1) is 0 Å². The summed E-state index contributed by atoms with van der Waals surface area (Å²) < 4.78 is 11.4. The van der Waals surface area contributed by atoms with E-state index in [1.807, 2.05) is 20.8 Å². The number of rotatable bonds is 14. The smallest absolute Gasteiger partial charge is 0.321 e. The first-order valence-electron chi connectivity index (χ1n) is 8.34. The average molecular weight is 306 g/mol. The van der Waals surface area contributed by atoms with Crippen LogP contribution >= 0.6 is 0 Å². The third-order valence-corrected chi connectivity index (χ3v) is 5.72. The summed E-state index contributed by atoms with van der Waals surface area (Å²) >= 11 is 0. The first kappa shape index (κ1) is 20.1. The maximum Gasteiger partial charge on any atom is 0.321 e. The highest BCUT2D eigenvalue weighted by molar-refractivity contribution is 6.44. The van der Waals surface area contributed by atoms with Gasteiger partial charge in [-0.25, -0.2) is 0 Å². The SMILES string of the molecule is CCCCN(CCCC[SiH](OCC)OCC)C(O)CC. The lowest BCUT2D eigenvalue weighted by molar-refractivity contribution is -0.000507. The van der Waals surface area contributed by atoms with Gasteiger partial charge in [-0.3, -0.25) is 4.90 Å². The topological polar surface area (TPSA) is 41.9 Å². The van der Waals surface area contributed by atoms with E-state index >= 15 is 0 Å². The molecule has 0 rings (SSSR count). The second kappa shape index (κ2) is 14.0. The molecular weight excluding hydrogens is 270 g/mol. The van der Waals surface area contributed by atoms with Crippen molar-refractivity contribution >= 4 is 9.28 Å². The largest absolute Gasteiger partial charge is 0.397 e. The van der Waals surface area contributed by atoms with Crippen LogP contribution in [0.1, 0.15) is 59.8 Å². The highest BCUT2D eigenvalue weighted by atomic mass is 28.3. The highest BCUT2D eigenvalue weighted by Gasteiger charge is 2.14. The summed E-state index contributed by atoms with van der Waals surface area (Å²) in [5.74, 6) is 0. The molecule has 0 saturated heterocycles. The molecule has 0 aromatic heterocycles. The van der Waals surface area contributed by atoms with Gasteiger partial charge in [-0.15, -0.1) is 0 Å². The molecule has 0 aliphatic carbocycles. The molecule has 1 N–H and O–H groups in total. The molecular formula is C15H35NO3Si. The Hall–Kier alpha value is 0.0569. The van der Waals surface area contributed by atoms with Crippen molar-refractivity contribution in [2.45, 2.75) is 72.1 Å². The molecule has 20 heavy (non-hydrogen) atoms. The van der Waals surface area contributed by atoms with Crippen LogP contribution in [0.4, 0.5) is 0 Å². The predicted octanol–water partition coefficient (Wildman–Crippen LogP) is 2.89. The van der Waals surface area contributed by atoms with E-state index in [0.717, 1.165) is 58.0 Å². The van der Waals surface area contributed by atoms with Crippen molar-refractivity contribution in [3.8, 4) is 0 Å². The molecule has 0 aliphatic heterocycles. The van der Waals surface area contributed by atoms with Crippen LogP contribution in [-0.4, -0.2) is 51.8 Å². The van der Waals surface area contributed by atoms with E-state index in [2.05, 4.69) is 11.8 Å². The van der Waals surface area contributed by atoms with Gasteiger partial charge in [0, 0.05) is 26.3 Å². The molecule has 0 radical (unpaired) electrons. The summed E-state index contributed by atoms with van der Waals surface area (Å²) in [7, 11) is -1.43. The number of hydrogen-bond donors (Lipinski definition) is 1. The molecule has 1 unspecified atom stereocenters. The van der Waals surface area contributed by atoms with Crippen molar-refractivity contribution in [3.63, 3.8) is 0 Å². The maximum atomic E-state index is 10.0. The van der Waals surface area contributed by atoms with Crippen LogP contribution in [0, 0.1) is 0 Å². The Morgan fingerprint density at radius 2 is 1.55 bits per heavy atom. The van der Waals surface area contributed by atoms with Crippen molar-refractivity contribution in [1.29, 1.82) is 0 Å². The van der Waals surface area contributed by atoms with E-state index < -0.39 is 9.28 Å². The molecule has 0 fully saturated rings. The summed E-state index contributed by atoms with van der Waals surface area (Å²) in [5, 5.41) is 10.0. The number of unbranched alkanes of at least 4 members (excludes halogenated alkanes) is 2. The Morgan fingerprint density at radius 1 is 0.950 bits per heavy atom. The number of aliphatic hydroxyl groups is 1. The van der Waals surface area contributed by atoms with Crippen molar-refractivity contribution in [3.05, 3.63) is 0 Å². The minimum absolute atomic E-state index is 0.284. The van der Waals surface area contributed by atoms with Crippen LogP contribution in [0.25, 0.3) is 0 Å². The summed E-state index contributed by atoms with van der Waals surface area (Å²) in [5.41, 5.74) is 0. The van der Waals surface area contributed by atoms with Crippen molar-refractivity contribution in [2.24, 2.45) is 0 Å². The fraction of sp³-hybridized carbons (Fsp3) is 1.00. The van der Waals surface area contributed by atoms with E-state index in [0.29, 0.717) is 0 Å². The molecule has 0 spiro atoms. The molecule has 0 bridgehead atoms. The van der Waals surface area contributed by atoms with Gasteiger partial charge in [0.2, 0.25) is 0 Å². The third kappa shape index (κ3) is 9.88. The second-order valence-corrected chi connectivity index (χ2v) is 7.22. The predicted molar refractivity (Wildman–Crippen MR) is 87.2 cm³/mol. The van der Waals surface area contributed by atoms with Crippen LogP contribution in [0.5, 0.6) is 0 Å². The minimum atomic E-state index is -1.43. The first-order valence-corrected chi connectivity index (χ1v) is 10.1. The Kier molecular flexibility index (Phi) is 14.1. The Bertz CT molecular complexity index is 202. The number of nitrogens with zero attached hydrogens (tertiary/aromatic N) is 1. The number of aliphatic hydroxyl groups excluding tert-OH is 1. The van der Waals surface area contributed by atoms with E-state index in [9.17, 15) is 5.11 Å². The quantitative estimate of drug-likeness (QED) is 0.304. The van der Waals surface area contributed by atoms with Crippen molar-refractivity contribution in [1.82, 2.24) is 4.90 Å². The number of hydrogen-bond acceptors (Lipinski definition) is 4. The summed E-state index contributed by atoms with van der Waals surface area (Å²) in [6.45, 7) is 11.8. The van der Waals surface area contributed by atoms with E-state index in [1.54, 1.807) is 0 Å². The molecule has 4 nitrogen and oxygen atoms in total. The van der Waals surface area contributed by atoms with Gasteiger partial charge in [-0.2, -0.15) is 0 Å². The zero-order valence-electron chi connectivity index (χ0n) is 13.9. The van der Waals surface area contributed by atoms with Crippen LogP contribution in [0.15, 0.2) is 0 Å². The van der Waals surface area contributed by atoms with Gasteiger partial charge in [-0.05, 0) is 39.2 Å². The van der Waals surface area contributed by atoms with Crippen LogP contribution < -0.4 is 0 Å². The van der Waals surface area contributed by atoms with E-state index in [1.165, 1.54) is 6.42 Å². The Morgan fingerprint density at radius 3 is 2.05 bits per heavy atom. The standard InChI is InChI=1S/C15H35NO3Si/c1-5-9-12-16(15(17)6-2)13-10-11-14-20(18-7-3)19-8-4/h15,17,20H,5-14H2,1-4H3.